The molecule has 0 bridgehead atoms. The first-order valence-electron chi connectivity index (χ1n) is 9.99. The first kappa shape index (κ1) is 19.7. The third-order valence-electron chi connectivity index (χ3n) is 5.36. The molecule has 152 valence electrons. The lowest BCUT2D eigenvalue weighted by Crippen LogP contribution is -2.24. The van der Waals surface area contributed by atoms with Crippen LogP contribution in [0.2, 0.25) is 0 Å². The summed E-state index contributed by atoms with van der Waals surface area (Å²) in [4.78, 5) is 17.5. The molecule has 0 atom stereocenters. The Morgan fingerprint density at radius 1 is 1.00 bits per heavy atom. The van der Waals surface area contributed by atoms with Gasteiger partial charge in [0.25, 0.3) is 0 Å². The van der Waals surface area contributed by atoms with Crippen LogP contribution in [0.15, 0.2) is 71.5 Å². The van der Waals surface area contributed by atoms with Gasteiger partial charge in [-0.1, -0.05) is 50.2 Å². The molecule has 0 fully saturated rings. The van der Waals surface area contributed by atoms with Crippen LogP contribution in [0.3, 0.4) is 0 Å². The molecule has 30 heavy (non-hydrogen) atoms. The predicted molar refractivity (Wildman–Crippen MR) is 122 cm³/mol. The molecule has 0 saturated heterocycles. The van der Waals surface area contributed by atoms with Gasteiger partial charge in [-0.2, -0.15) is 4.98 Å². The molecule has 0 aliphatic carbocycles. The third-order valence-corrected chi connectivity index (χ3v) is 5.36. The Bertz CT molecular complexity index is 1240. The van der Waals surface area contributed by atoms with E-state index in [2.05, 4.69) is 31.0 Å². The molecule has 5 nitrogen and oxygen atoms in total. The molecule has 0 saturated carbocycles. The summed E-state index contributed by atoms with van der Waals surface area (Å²) >= 11 is 0. The molecule has 0 aliphatic rings. The third kappa shape index (κ3) is 3.79. The summed E-state index contributed by atoms with van der Waals surface area (Å²) < 4.78 is 7.12. The molecule has 4 rings (SSSR count). The van der Waals surface area contributed by atoms with E-state index in [9.17, 15) is 4.79 Å². The summed E-state index contributed by atoms with van der Waals surface area (Å²) in [6, 6.07) is 21.5. The van der Waals surface area contributed by atoms with E-state index in [4.69, 9.17) is 10.5 Å². The topological polar surface area (TPSA) is 70.1 Å². The minimum Gasteiger partial charge on any atom is -0.497 e. The van der Waals surface area contributed by atoms with E-state index in [-0.39, 0.29) is 5.69 Å². The Morgan fingerprint density at radius 2 is 1.70 bits per heavy atom. The summed E-state index contributed by atoms with van der Waals surface area (Å²) in [6.07, 6.45) is 0. The summed E-state index contributed by atoms with van der Waals surface area (Å²) in [5.41, 5.74) is 10.8. The summed E-state index contributed by atoms with van der Waals surface area (Å²) in [5.74, 6) is 1.17. The van der Waals surface area contributed by atoms with Gasteiger partial charge >= 0.3 is 5.69 Å². The highest BCUT2D eigenvalue weighted by atomic mass is 16.5. The number of nitrogen functional groups attached to an aromatic ring is 1. The second kappa shape index (κ2) is 8.03. The fourth-order valence-electron chi connectivity index (χ4n) is 3.59. The van der Waals surface area contributed by atoms with E-state index >= 15 is 0 Å². The Labute approximate surface area is 175 Å². The maximum atomic E-state index is 13.0. The van der Waals surface area contributed by atoms with Crippen molar-refractivity contribution < 1.29 is 4.74 Å². The number of aromatic nitrogens is 2. The maximum absolute atomic E-state index is 13.0. The Balaban J connectivity index is 1.89. The number of ether oxygens (including phenoxy) is 1. The molecule has 2 N–H and O–H groups in total. The molecule has 4 aromatic rings. The Kier molecular flexibility index (Phi) is 5.27. The highest BCUT2D eigenvalue weighted by Gasteiger charge is 2.14. The lowest BCUT2D eigenvalue weighted by Gasteiger charge is -2.15. The summed E-state index contributed by atoms with van der Waals surface area (Å²) in [5, 5.41) is 0.877. The second-order valence-corrected chi connectivity index (χ2v) is 7.73. The highest BCUT2D eigenvalue weighted by molar-refractivity contribution is 5.93. The minimum absolute atomic E-state index is 0.285. The van der Waals surface area contributed by atoms with Crippen LogP contribution in [0.4, 0.5) is 5.69 Å². The van der Waals surface area contributed by atoms with Gasteiger partial charge in [0.15, 0.2) is 0 Å². The van der Waals surface area contributed by atoms with E-state index < -0.39 is 0 Å². The summed E-state index contributed by atoms with van der Waals surface area (Å²) in [6.45, 7) is 4.74. The second-order valence-electron chi connectivity index (χ2n) is 7.73. The van der Waals surface area contributed by atoms with Gasteiger partial charge in [0.1, 0.15) is 5.75 Å². The normalized spacial score (nSPS) is 11.2. The van der Waals surface area contributed by atoms with Crippen LogP contribution in [0.1, 0.15) is 30.9 Å². The number of methoxy groups -OCH3 is 1. The number of hydrogen-bond donors (Lipinski definition) is 1. The predicted octanol–water partition coefficient (Wildman–Crippen LogP) is 4.83. The molecular formula is C25H25N3O2. The van der Waals surface area contributed by atoms with Gasteiger partial charge in [-0.05, 0) is 47.4 Å². The number of nitrogens with zero attached hydrogens (tertiary/aromatic N) is 2. The smallest absolute Gasteiger partial charge is 0.348 e. The van der Waals surface area contributed by atoms with Gasteiger partial charge in [-0.25, -0.2) is 4.79 Å². The van der Waals surface area contributed by atoms with Crippen LogP contribution in [0.5, 0.6) is 5.75 Å². The van der Waals surface area contributed by atoms with Crippen LogP contribution in [0, 0.1) is 0 Å². The molecule has 0 unspecified atom stereocenters. The number of fused-ring (bicyclic) bond motifs is 1. The lowest BCUT2D eigenvalue weighted by molar-refractivity contribution is 0.415. The van der Waals surface area contributed by atoms with E-state index in [0.717, 1.165) is 27.8 Å². The van der Waals surface area contributed by atoms with Gasteiger partial charge in [0.05, 0.1) is 24.9 Å². The maximum Gasteiger partial charge on any atom is 0.348 e. The fourth-order valence-corrected chi connectivity index (χ4v) is 3.59. The largest absolute Gasteiger partial charge is 0.497 e. The van der Waals surface area contributed by atoms with E-state index in [1.54, 1.807) is 11.7 Å². The van der Waals surface area contributed by atoms with Crippen molar-refractivity contribution in [3.8, 4) is 17.0 Å². The van der Waals surface area contributed by atoms with E-state index in [1.165, 1.54) is 5.56 Å². The first-order chi connectivity index (χ1) is 14.5. The van der Waals surface area contributed by atoms with Crippen LogP contribution < -0.4 is 16.2 Å². The zero-order valence-corrected chi connectivity index (χ0v) is 17.4. The van der Waals surface area contributed by atoms with Crippen LogP contribution >= 0.6 is 0 Å². The van der Waals surface area contributed by atoms with Crippen molar-refractivity contribution >= 4 is 16.6 Å². The van der Waals surface area contributed by atoms with Crippen LogP contribution in [0.25, 0.3) is 22.2 Å². The first-order valence-corrected chi connectivity index (χ1v) is 9.99. The van der Waals surface area contributed by atoms with Gasteiger partial charge in [0.2, 0.25) is 0 Å². The lowest BCUT2D eigenvalue weighted by atomic mass is 9.99. The zero-order valence-electron chi connectivity index (χ0n) is 17.4. The molecule has 5 heteroatoms. The highest BCUT2D eigenvalue weighted by Crippen LogP contribution is 2.30. The number of anilines is 1. The van der Waals surface area contributed by atoms with Gasteiger partial charge < -0.3 is 10.5 Å². The number of nitrogens with two attached hydrogens (primary N) is 1. The van der Waals surface area contributed by atoms with Crippen molar-refractivity contribution in [3.63, 3.8) is 0 Å². The fraction of sp³-hybridized carbons (Fsp3) is 0.200. The molecule has 0 spiro atoms. The van der Waals surface area contributed by atoms with Crippen molar-refractivity contribution in [3.05, 3.63) is 88.3 Å². The molecular weight excluding hydrogens is 374 g/mol. The SMILES string of the molecule is COc1ccc2c(c1)c(-c1ccc(C(C)C)cc1)nc(=O)n2Cc1ccc(N)cc1. The van der Waals surface area contributed by atoms with Crippen molar-refractivity contribution in [2.75, 3.05) is 12.8 Å². The standard InChI is InChI=1S/C25H25N3O2/c1-16(2)18-6-8-19(9-7-18)24-22-14-21(30-3)12-13-23(22)28(25(29)27-24)15-17-4-10-20(26)11-5-17/h4-14,16H,15,26H2,1-3H3. The van der Waals surface area contributed by atoms with E-state index in [0.29, 0.717) is 23.8 Å². The average molecular weight is 399 g/mol. The van der Waals surface area contributed by atoms with Crippen molar-refractivity contribution in [2.45, 2.75) is 26.3 Å². The molecule has 0 aliphatic heterocycles. The summed E-state index contributed by atoms with van der Waals surface area (Å²) in [7, 11) is 1.64. The number of benzene rings is 3. The quantitative estimate of drug-likeness (QED) is 0.488. The van der Waals surface area contributed by atoms with Gasteiger partial charge in [0, 0.05) is 16.6 Å². The molecule has 1 aromatic heterocycles. The average Bonchev–Trinajstić information content (AvgIpc) is 2.76. The van der Waals surface area contributed by atoms with Crippen LogP contribution in [-0.2, 0) is 6.54 Å². The van der Waals surface area contributed by atoms with Crippen molar-refractivity contribution in [2.24, 2.45) is 0 Å². The molecule has 0 amide bonds. The monoisotopic (exact) mass is 399 g/mol. The van der Waals surface area contributed by atoms with Crippen molar-refractivity contribution in [1.82, 2.24) is 9.55 Å². The zero-order chi connectivity index (χ0) is 21.3. The van der Waals surface area contributed by atoms with Crippen LogP contribution in [-0.4, -0.2) is 16.7 Å². The molecule has 1 heterocycles. The number of hydrogen-bond acceptors (Lipinski definition) is 4. The van der Waals surface area contributed by atoms with Crippen molar-refractivity contribution in [1.29, 1.82) is 0 Å². The molecule has 0 radical (unpaired) electrons. The van der Waals surface area contributed by atoms with Gasteiger partial charge in [-0.15, -0.1) is 0 Å². The Hall–Kier alpha value is -3.60. The van der Waals surface area contributed by atoms with Gasteiger partial charge in [-0.3, -0.25) is 4.57 Å². The minimum atomic E-state index is -0.285. The molecule has 3 aromatic carbocycles. The Morgan fingerprint density at radius 3 is 2.33 bits per heavy atom. The number of rotatable bonds is 5. The van der Waals surface area contributed by atoms with E-state index in [1.807, 2.05) is 54.6 Å².